The van der Waals surface area contributed by atoms with Gasteiger partial charge in [-0.25, -0.2) is 0 Å². The van der Waals surface area contributed by atoms with Gasteiger partial charge in [-0.2, -0.15) is 0 Å². The van der Waals surface area contributed by atoms with Crippen LogP contribution in [0, 0.1) is 0 Å². The monoisotopic (exact) mass is 206 g/mol. The summed E-state index contributed by atoms with van der Waals surface area (Å²) in [7, 11) is 0. The zero-order valence-corrected chi connectivity index (χ0v) is 7.44. The Bertz CT molecular complexity index is 201. The normalized spacial score (nSPS) is 9.00. The minimum Gasteiger partial charge on any atom is -0.548 e. The molecule has 0 atom stereocenters. The van der Waals surface area contributed by atoms with Crippen LogP contribution in [0.3, 0.4) is 0 Å². The van der Waals surface area contributed by atoms with Crippen molar-refractivity contribution in [2.24, 2.45) is 0 Å². The number of carboxylic acids is 2. The lowest BCUT2D eigenvalue weighted by Gasteiger charge is -2.28. The molecule has 0 heterocycles. The van der Waals surface area contributed by atoms with E-state index in [0.29, 0.717) is 0 Å². The third kappa shape index (κ3) is 4.80. The number of thiocarbonyl (C=S) groups is 1. The van der Waals surface area contributed by atoms with Gasteiger partial charge in [-0.3, -0.25) is 0 Å². The van der Waals surface area contributed by atoms with E-state index in [4.69, 9.17) is 0 Å². The zero-order chi connectivity index (χ0) is 9.72. The van der Waals surface area contributed by atoms with E-state index in [1.807, 2.05) is 0 Å². The molecule has 0 aliphatic carbocycles. The van der Waals surface area contributed by atoms with Gasteiger partial charge >= 0.3 is 0 Å². The minimum atomic E-state index is -1.44. The highest BCUT2D eigenvalue weighted by Gasteiger charge is 2.00. The van der Waals surface area contributed by atoms with Crippen molar-refractivity contribution in [1.82, 2.24) is 4.90 Å². The number of aliphatic carboxylic acids is 2. The minimum absolute atomic E-state index is 0.233. The smallest absolute Gasteiger partial charge is 0.0607 e. The molecule has 68 valence electrons. The molecule has 0 fully saturated rings. The van der Waals surface area contributed by atoms with Gasteiger partial charge in [0.15, 0.2) is 0 Å². The van der Waals surface area contributed by atoms with Crippen LogP contribution in [0.4, 0.5) is 0 Å². The van der Waals surface area contributed by atoms with Gasteiger partial charge in [0.2, 0.25) is 0 Å². The average Bonchev–Trinajstić information content (AvgIpc) is 1.83. The van der Waals surface area contributed by atoms with E-state index >= 15 is 0 Å². The third-order valence-electron chi connectivity index (χ3n) is 0.898. The average molecular weight is 206 g/mol. The van der Waals surface area contributed by atoms with E-state index < -0.39 is 25.0 Å². The van der Waals surface area contributed by atoms with Gasteiger partial charge in [0.25, 0.3) is 0 Å². The van der Waals surface area contributed by atoms with Crippen LogP contribution in [0.5, 0.6) is 0 Å². The highest BCUT2D eigenvalue weighted by molar-refractivity contribution is 8.00. The van der Waals surface area contributed by atoms with Crippen LogP contribution in [0.2, 0.25) is 0 Å². The summed E-state index contributed by atoms with van der Waals surface area (Å²) in [5.41, 5.74) is 0. The fourth-order valence-electron chi connectivity index (χ4n) is 0.497. The predicted molar refractivity (Wildman–Crippen MR) is 41.6 cm³/mol. The Balaban J connectivity index is 4.14. The highest BCUT2D eigenvalue weighted by atomic mass is 32.1. The van der Waals surface area contributed by atoms with E-state index in [-0.39, 0.29) is 4.32 Å². The van der Waals surface area contributed by atoms with Crippen LogP contribution >= 0.6 is 12.2 Å². The van der Waals surface area contributed by atoms with Gasteiger partial charge in [0, 0.05) is 0 Å². The molecule has 0 spiro atoms. The molecule has 0 aliphatic heterocycles. The van der Waals surface area contributed by atoms with Crippen molar-refractivity contribution in [1.29, 1.82) is 0 Å². The number of carbonyl (C=O) groups is 2. The molecule has 5 nitrogen and oxygen atoms in total. The van der Waals surface area contributed by atoms with E-state index in [1.165, 1.54) is 0 Å². The van der Waals surface area contributed by atoms with Crippen LogP contribution in [-0.2, 0) is 22.2 Å². The largest absolute Gasteiger partial charge is 0.548 e. The molecule has 0 aromatic carbocycles. The molecule has 12 heavy (non-hydrogen) atoms. The van der Waals surface area contributed by atoms with Crippen molar-refractivity contribution < 1.29 is 19.8 Å². The van der Waals surface area contributed by atoms with Gasteiger partial charge < -0.3 is 49.5 Å². The maximum atomic E-state index is 10.0. The van der Waals surface area contributed by atoms with Crippen LogP contribution in [-0.4, -0.2) is 34.2 Å². The van der Waals surface area contributed by atoms with E-state index in [0.717, 1.165) is 4.90 Å². The van der Waals surface area contributed by atoms with Crippen LogP contribution < -0.4 is 10.2 Å². The molecule has 0 aliphatic rings. The van der Waals surface area contributed by atoms with E-state index in [1.54, 1.807) is 0 Å². The first-order valence-corrected chi connectivity index (χ1v) is 3.60. The van der Waals surface area contributed by atoms with Gasteiger partial charge in [0.05, 0.1) is 25.0 Å². The summed E-state index contributed by atoms with van der Waals surface area (Å²) < 4.78 is -0.233. The molecule has 0 radical (unpaired) electrons. The van der Waals surface area contributed by atoms with Gasteiger partial charge in [-0.05, 0) is 0 Å². The molecule has 0 unspecified atom stereocenters. The fraction of sp³-hybridized carbons (Fsp3) is 0.400. The number of hydrogen-bond donors (Lipinski definition) is 0. The fourth-order valence-corrected chi connectivity index (χ4v) is 0.755. The van der Waals surface area contributed by atoms with Crippen molar-refractivity contribution in [2.45, 2.75) is 0 Å². The first kappa shape index (κ1) is 11.1. The summed E-state index contributed by atoms with van der Waals surface area (Å²) in [6.07, 6.45) is 0. The van der Waals surface area contributed by atoms with Crippen molar-refractivity contribution in [3.05, 3.63) is 0 Å². The summed E-state index contributed by atoms with van der Waals surface area (Å²) >= 11 is 8.82. The topological polar surface area (TPSA) is 83.5 Å². The number of carbonyl (C=O) groups excluding carboxylic acids is 2. The highest BCUT2D eigenvalue weighted by Crippen LogP contribution is 1.88. The predicted octanol–water partition coefficient (Wildman–Crippen LogP) is -3.38. The van der Waals surface area contributed by atoms with Crippen molar-refractivity contribution in [2.75, 3.05) is 13.1 Å². The summed E-state index contributed by atoms with van der Waals surface area (Å²) in [4.78, 5) is 20.8. The molecular formula is C5H4NO4S2-3. The van der Waals surface area contributed by atoms with Crippen LogP contribution in [0.15, 0.2) is 0 Å². The van der Waals surface area contributed by atoms with Gasteiger partial charge in [-0.15, -0.1) is 0 Å². The van der Waals surface area contributed by atoms with Crippen LogP contribution in [0.25, 0.3) is 0 Å². The molecule has 0 N–H and O–H groups in total. The molecule has 0 aromatic rings. The molecule has 0 bridgehead atoms. The Morgan fingerprint density at radius 1 is 1.25 bits per heavy atom. The summed E-state index contributed by atoms with van der Waals surface area (Å²) in [5, 5.41) is 20.0. The Morgan fingerprint density at radius 3 is 1.75 bits per heavy atom. The second-order valence-electron chi connectivity index (χ2n) is 1.87. The van der Waals surface area contributed by atoms with E-state index in [9.17, 15) is 19.8 Å². The van der Waals surface area contributed by atoms with Gasteiger partial charge in [0.1, 0.15) is 0 Å². The third-order valence-corrected chi connectivity index (χ3v) is 1.41. The summed E-state index contributed by atoms with van der Waals surface area (Å²) in [5.74, 6) is -2.88. The van der Waals surface area contributed by atoms with Gasteiger partial charge in [-0.1, -0.05) is 4.32 Å². The molecular weight excluding hydrogens is 202 g/mol. The second-order valence-corrected chi connectivity index (χ2v) is 2.90. The summed E-state index contributed by atoms with van der Waals surface area (Å²) in [6.45, 7) is -1.26. The number of hydrogen-bond acceptors (Lipinski definition) is 6. The standard InChI is InChI=1S/C5H7NO4S2/c7-3(8)1-6(5(11)12)2-4(9)10/h1-2H2,(H,7,8)(H,9,10)(H,11,12)/p-3. The van der Waals surface area contributed by atoms with E-state index in [2.05, 4.69) is 24.8 Å². The molecule has 7 heteroatoms. The molecule has 0 saturated heterocycles. The van der Waals surface area contributed by atoms with Crippen molar-refractivity contribution in [3.63, 3.8) is 0 Å². The number of carboxylic acid groups (broad SMARTS) is 2. The quantitative estimate of drug-likeness (QED) is 0.350. The SMILES string of the molecule is O=C([O-])CN(CC(=O)[O-])C(=S)[S-]. The maximum Gasteiger partial charge on any atom is 0.0607 e. The first-order chi connectivity index (χ1) is 5.43. The second kappa shape index (κ2) is 4.83. The van der Waals surface area contributed by atoms with Crippen molar-refractivity contribution >= 4 is 41.1 Å². The lowest BCUT2D eigenvalue weighted by atomic mass is 10.5. The number of nitrogens with zero attached hydrogens (tertiary/aromatic N) is 1. The molecule has 0 rings (SSSR count). The zero-order valence-electron chi connectivity index (χ0n) is 5.81. The van der Waals surface area contributed by atoms with Crippen LogP contribution in [0.1, 0.15) is 0 Å². The lowest BCUT2D eigenvalue weighted by molar-refractivity contribution is -0.308. The Labute approximate surface area is 79.4 Å². The molecule has 0 aromatic heterocycles. The number of rotatable bonds is 4. The van der Waals surface area contributed by atoms with Crippen molar-refractivity contribution in [3.8, 4) is 0 Å². The Morgan fingerprint density at radius 2 is 1.58 bits per heavy atom. The molecule has 0 amide bonds. The maximum absolute atomic E-state index is 10.0. The summed E-state index contributed by atoms with van der Waals surface area (Å²) in [6, 6.07) is 0. The Hall–Kier alpha value is -0.950. The lowest BCUT2D eigenvalue weighted by Crippen LogP contribution is -2.45. The Kier molecular flexibility index (Phi) is 4.45. The molecule has 0 saturated carbocycles. The first-order valence-electron chi connectivity index (χ1n) is 2.79.